The van der Waals surface area contributed by atoms with Gasteiger partial charge in [-0.05, 0) is 60.4 Å². The van der Waals surface area contributed by atoms with Gasteiger partial charge in [0, 0.05) is 17.5 Å². The molecule has 0 aliphatic carbocycles. The summed E-state index contributed by atoms with van der Waals surface area (Å²) in [6.45, 7) is 1.97. The van der Waals surface area contributed by atoms with Crippen molar-refractivity contribution in [1.29, 1.82) is 0 Å². The number of carbonyl (C=O) groups is 2. The minimum absolute atomic E-state index is 0.0403. The van der Waals surface area contributed by atoms with Gasteiger partial charge < -0.3 is 10.1 Å². The summed E-state index contributed by atoms with van der Waals surface area (Å²) >= 11 is 1.60. The second-order valence-electron chi connectivity index (χ2n) is 4.65. The highest BCUT2D eigenvalue weighted by Gasteiger charge is 2.04. The fourth-order valence-electron chi connectivity index (χ4n) is 1.74. The molecule has 2 aromatic rings. The Hall–Kier alpha value is -2.40. The van der Waals surface area contributed by atoms with Crippen molar-refractivity contribution < 1.29 is 14.3 Å². The number of ether oxygens (including phenoxy) is 1. The Kier molecular flexibility index (Phi) is 5.49. The lowest BCUT2D eigenvalue weighted by molar-refractivity contribution is -0.122. The van der Waals surface area contributed by atoms with Gasteiger partial charge in [0.1, 0.15) is 5.75 Å². The summed E-state index contributed by atoms with van der Waals surface area (Å²) in [6, 6.07) is 8.76. The van der Waals surface area contributed by atoms with Crippen LogP contribution in [-0.2, 0) is 4.79 Å². The topological polar surface area (TPSA) is 55.4 Å². The molecule has 0 fully saturated rings. The number of amides is 1. The molecule has 0 aliphatic heterocycles. The molecule has 22 heavy (non-hydrogen) atoms. The van der Waals surface area contributed by atoms with Crippen molar-refractivity contribution in [3.05, 3.63) is 57.8 Å². The zero-order valence-corrected chi connectivity index (χ0v) is 13.3. The normalized spacial score (nSPS) is 10.6. The second-order valence-corrected chi connectivity index (χ2v) is 5.60. The Bertz CT molecular complexity index is 686. The Balaban J connectivity index is 1.98. The first-order chi connectivity index (χ1) is 10.6. The van der Waals surface area contributed by atoms with Gasteiger partial charge in [-0.25, -0.2) is 0 Å². The number of thiophene rings is 1. The van der Waals surface area contributed by atoms with E-state index in [0.29, 0.717) is 11.3 Å². The molecular formula is C17H17NO3S. The maximum Gasteiger partial charge on any atom is 0.257 e. The molecule has 0 saturated heterocycles. The van der Waals surface area contributed by atoms with Crippen molar-refractivity contribution in [2.45, 2.75) is 6.92 Å². The third-order valence-corrected chi connectivity index (χ3v) is 4.06. The molecule has 0 saturated carbocycles. The summed E-state index contributed by atoms with van der Waals surface area (Å²) in [5, 5.41) is 4.47. The van der Waals surface area contributed by atoms with Crippen molar-refractivity contribution in [3.63, 3.8) is 0 Å². The monoisotopic (exact) mass is 315 g/mol. The SMILES string of the molecule is CNC(=O)COc1ccc(C(=O)/C=C/c2sccc2C)cc1. The summed E-state index contributed by atoms with van der Waals surface area (Å²) < 4.78 is 5.29. The van der Waals surface area contributed by atoms with Gasteiger partial charge >= 0.3 is 0 Å². The van der Waals surface area contributed by atoms with Crippen LogP contribution in [0.25, 0.3) is 6.08 Å². The fraction of sp³-hybridized carbons (Fsp3) is 0.176. The first-order valence-electron chi connectivity index (χ1n) is 6.80. The molecule has 1 aromatic heterocycles. The van der Waals surface area contributed by atoms with Crippen LogP contribution < -0.4 is 10.1 Å². The molecule has 4 nitrogen and oxygen atoms in total. The number of aryl methyl sites for hydroxylation is 1. The van der Waals surface area contributed by atoms with Crippen LogP contribution in [0.1, 0.15) is 20.8 Å². The summed E-state index contributed by atoms with van der Waals surface area (Å²) in [5.41, 5.74) is 1.74. The van der Waals surface area contributed by atoms with Gasteiger partial charge in [0.25, 0.3) is 5.91 Å². The highest BCUT2D eigenvalue weighted by molar-refractivity contribution is 7.11. The van der Waals surface area contributed by atoms with Crippen LogP contribution >= 0.6 is 11.3 Å². The minimum Gasteiger partial charge on any atom is -0.484 e. The van der Waals surface area contributed by atoms with Gasteiger partial charge in [-0.3, -0.25) is 9.59 Å². The highest BCUT2D eigenvalue weighted by atomic mass is 32.1. The quantitative estimate of drug-likeness (QED) is 0.658. The summed E-state index contributed by atoms with van der Waals surface area (Å²) in [5.74, 6) is 0.290. The number of rotatable bonds is 6. The van der Waals surface area contributed by atoms with Crippen molar-refractivity contribution >= 4 is 29.1 Å². The van der Waals surface area contributed by atoms with E-state index in [1.54, 1.807) is 48.7 Å². The van der Waals surface area contributed by atoms with Gasteiger partial charge in [-0.2, -0.15) is 0 Å². The largest absolute Gasteiger partial charge is 0.484 e. The Labute approximate surface area is 133 Å². The molecular weight excluding hydrogens is 298 g/mol. The summed E-state index contributed by atoms with van der Waals surface area (Å²) in [7, 11) is 1.55. The summed E-state index contributed by atoms with van der Waals surface area (Å²) in [4.78, 5) is 24.3. The Morgan fingerprint density at radius 3 is 2.55 bits per heavy atom. The molecule has 2 rings (SSSR count). The molecule has 5 heteroatoms. The van der Waals surface area contributed by atoms with Crippen LogP contribution in [0.5, 0.6) is 5.75 Å². The lowest BCUT2D eigenvalue weighted by Crippen LogP contribution is -2.24. The van der Waals surface area contributed by atoms with Gasteiger partial charge in [0.05, 0.1) is 0 Å². The molecule has 0 atom stereocenters. The number of likely N-dealkylation sites (N-methyl/N-ethyl adjacent to an activating group) is 1. The van der Waals surface area contributed by atoms with E-state index < -0.39 is 0 Å². The zero-order valence-electron chi connectivity index (χ0n) is 12.5. The molecule has 0 radical (unpaired) electrons. The van der Waals surface area contributed by atoms with Crippen molar-refractivity contribution in [2.24, 2.45) is 0 Å². The van der Waals surface area contributed by atoms with Gasteiger partial charge in [0.2, 0.25) is 0 Å². The Morgan fingerprint density at radius 2 is 1.95 bits per heavy atom. The molecule has 1 N–H and O–H groups in total. The molecule has 1 heterocycles. The van der Waals surface area contributed by atoms with Crippen LogP contribution in [0.4, 0.5) is 0 Å². The Morgan fingerprint density at radius 1 is 1.23 bits per heavy atom. The third kappa shape index (κ3) is 4.30. The maximum atomic E-state index is 12.1. The molecule has 0 spiro atoms. The van der Waals surface area contributed by atoms with Gasteiger partial charge in [-0.15, -0.1) is 11.3 Å². The van der Waals surface area contributed by atoms with Gasteiger partial charge in [0.15, 0.2) is 12.4 Å². The number of hydrogen-bond acceptors (Lipinski definition) is 4. The zero-order chi connectivity index (χ0) is 15.9. The van der Waals surface area contributed by atoms with Crippen molar-refractivity contribution in [1.82, 2.24) is 5.32 Å². The van der Waals surface area contributed by atoms with E-state index in [9.17, 15) is 9.59 Å². The standard InChI is InChI=1S/C17H17NO3S/c1-12-9-10-22-16(12)8-7-15(19)13-3-5-14(6-4-13)21-11-17(20)18-2/h3-10H,11H2,1-2H3,(H,18,20)/b8-7+. The van der Waals surface area contributed by atoms with E-state index in [4.69, 9.17) is 4.74 Å². The second kappa shape index (κ2) is 7.56. The van der Waals surface area contributed by atoms with E-state index >= 15 is 0 Å². The molecule has 0 aliphatic rings. The van der Waals surface area contributed by atoms with E-state index in [1.807, 2.05) is 24.4 Å². The smallest absolute Gasteiger partial charge is 0.257 e. The van der Waals surface area contributed by atoms with Crippen molar-refractivity contribution in [2.75, 3.05) is 13.7 Å². The average molecular weight is 315 g/mol. The van der Waals surface area contributed by atoms with E-state index in [-0.39, 0.29) is 18.3 Å². The first-order valence-corrected chi connectivity index (χ1v) is 7.68. The fourth-order valence-corrected chi connectivity index (χ4v) is 2.56. The number of benzene rings is 1. The molecule has 114 valence electrons. The van der Waals surface area contributed by atoms with Crippen LogP contribution in [0.15, 0.2) is 41.8 Å². The summed E-state index contributed by atoms with van der Waals surface area (Å²) in [6.07, 6.45) is 3.40. The van der Waals surface area contributed by atoms with Crippen LogP contribution in [0, 0.1) is 6.92 Å². The first kappa shape index (κ1) is 16.0. The van der Waals surface area contributed by atoms with Gasteiger partial charge in [-0.1, -0.05) is 0 Å². The molecule has 1 aromatic carbocycles. The minimum atomic E-state index is -0.200. The van der Waals surface area contributed by atoms with E-state index in [2.05, 4.69) is 5.32 Å². The number of allylic oxidation sites excluding steroid dienone is 1. The predicted octanol–water partition coefficient (Wildman–Crippen LogP) is 3.08. The van der Waals surface area contributed by atoms with E-state index in [1.165, 1.54) is 0 Å². The third-order valence-electron chi connectivity index (χ3n) is 3.08. The van der Waals surface area contributed by atoms with Crippen LogP contribution in [0.2, 0.25) is 0 Å². The van der Waals surface area contributed by atoms with Crippen LogP contribution in [0.3, 0.4) is 0 Å². The lowest BCUT2D eigenvalue weighted by Gasteiger charge is -2.05. The lowest BCUT2D eigenvalue weighted by atomic mass is 10.1. The van der Waals surface area contributed by atoms with E-state index in [0.717, 1.165) is 10.4 Å². The highest BCUT2D eigenvalue weighted by Crippen LogP contribution is 2.18. The average Bonchev–Trinajstić information content (AvgIpc) is 2.96. The van der Waals surface area contributed by atoms with Crippen LogP contribution in [-0.4, -0.2) is 25.3 Å². The predicted molar refractivity (Wildman–Crippen MR) is 88.4 cm³/mol. The molecule has 0 unspecified atom stereocenters. The molecule has 0 bridgehead atoms. The molecule has 1 amide bonds. The number of ketones is 1. The number of nitrogens with one attached hydrogen (secondary N) is 1. The maximum absolute atomic E-state index is 12.1. The van der Waals surface area contributed by atoms with Crippen molar-refractivity contribution in [3.8, 4) is 5.75 Å². The number of hydrogen-bond donors (Lipinski definition) is 1. The number of carbonyl (C=O) groups excluding carboxylic acids is 2.